The van der Waals surface area contributed by atoms with E-state index in [1.165, 1.54) is 12.1 Å². The van der Waals surface area contributed by atoms with Crippen molar-refractivity contribution in [1.82, 2.24) is 5.32 Å². The summed E-state index contributed by atoms with van der Waals surface area (Å²) in [6.07, 6.45) is 2.32. The number of halogens is 1. The van der Waals surface area contributed by atoms with Crippen LogP contribution >= 0.6 is 0 Å². The van der Waals surface area contributed by atoms with Crippen molar-refractivity contribution in [2.24, 2.45) is 0 Å². The summed E-state index contributed by atoms with van der Waals surface area (Å²) in [6, 6.07) is 4.17. The van der Waals surface area contributed by atoms with Gasteiger partial charge in [0, 0.05) is 18.7 Å². The molecule has 1 aliphatic rings. The Balaban J connectivity index is 1.94. The van der Waals surface area contributed by atoms with E-state index in [9.17, 15) is 14.5 Å². The molecule has 6 heteroatoms. The van der Waals surface area contributed by atoms with Crippen molar-refractivity contribution in [3.63, 3.8) is 0 Å². The van der Waals surface area contributed by atoms with E-state index >= 15 is 0 Å². The van der Waals surface area contributed by atoms with Gasteiger partial charge in [-0.25, -0.2) is 4.39 Å². The zero-order valence-electron chi connectivity index (χ0n) is 10.4. The fraction of sp³-hybridized carbons (Fsp3) is 0.385. The van der Waals surface area contributed by atoms with Crippen molar-refractivity contribution >= 4 is 5.69 Å². The van der Waals surface area contributed by atoms with Crippen LogP contribution in [-0.4, -0.2) is 24.1 Å². The van der Waals surface area contributed by atoms with Gasteiger partial charge in [-0.1, -0.05) is 12.6 Å². The Morgan fingerprint density at radius 3 is 2.95 bits per heavy atom. The van der Waals surface area contributed by atoms with Gasteiger partial charge in [0.15, 0.2) is 5.82 Å². The molecule has 5 nitrogen and oxygen atoms in total. The first-order valence-corrected chi connectivity index (χ1v) is 6.03. The van der Waals surface area contributed by atoms with Crippen molar-refractivity contribution in [3.05, 3.63) is 46.3 Å². The number of nitro groups is 1. The smallest absolute Gasteiger partial charge is 0.314 e. The Morgan fingerprint density at radius 2 is 2.32 bits per heavy atom. The molecule has 0 heterocycles. The SMILES string of the molecule is C=C(CNC1CC1)COc1c(F)cccc1[N+](=O)[O-]. The van der Waals surface area contributed by atoms with Gasteiger partial charge in [-0.15, -0.1) is 0 Å². The summed E-state index contributed by atoms with van der Waals surface area (Å²) in [6.45, 7) is 4.43. The minimum Gasteiger partial charge on any atom is -0.480 e. The molecule has 102 valence electrons. The first kappa shape index (κ1) is 13.5. The van der Waals surface area contributed by atoms with Crippen molar-refractivity contribution < 1.29 is 14.1 Å². The molecule has 0 amide bonds. The molecule has 0 unspecified atom stereocenters. The van der Waals surface area contributed by atoms with Crippen molar-refractivity contribution in [2.75, 3.05) is 13.2 Å². The molecule has 19 heavy (non-hydrogen) atoms. The third-order valence-electron chi connectivity index (χ3n) is 2.78. The summed E-state index contributed by atoms with van der Waals surface area (Å²) < 4.78 is 18.7. The second-order valence-electron chi connectivity index (χ2n) is 4.54. The highest BCUT2D eigenvalue weighted by Gasteiger charge is 2.21. The van der Waals surface area contributed by atoms with Crippen LogP contribution in [0.3, 0.4) is 0 Å². The summed E-state index contributed by atoms with van der Waals surface area (Å²) in [5, 5.41) is 14.0. The molecule has 1 aromatic carbocycles. The van der Waals surface area contributed by atoms with Crippen LogP contribution in [0, 0.1) is 15.9 Å². The second kappa shape index (κ2) is 5.79. The largest absolute Gasteiger partial charge is 0.480 e. The lowest BCUT2D eigenvalue weighted by molar-refractivity contribution is -0.386. The van der Waals surface area contributed by atoms with Crippen LogP contribution in [0.4, 0.5) is 10.1 Å². The Hall–Kier alpha value is -1.95. The number of nitrogens with zero attached hydrogens (tertiary/aromatic N) is 1. The second-order valence-corrected chi connectivity index (χ2v) is 4.54. The van der Waals surface area contributed by atoms with Gasteiger partial charge in [-0.3, -0.25) is 10.1 Å². The summed E-state index contributed by atoms with van der Waals surface area (Å²) in [7, 11) is 0. The van der Waals surface area contributed by atoms with Gasteiger partial charge < -0.3 is 10.1 Å². The summed E-state index contributed by atoms with van der Waals surface area (Å²) in [5.74, 6) is -1.07. The van der Waals surface area contributed by atoms with E-state index in [-0.39, 0.29) is 18.0 Å². The number of ether oxygens (including phenoxy) is 1. The molecule has 0 aliphatic heterocycles. The average Bonchev–Trinajstić information content (AvgIpc) is 3.18. The molecule has 0 atom stereocenters. The molecule has 1 fully saturated rings. The highest BCUT2D eigenvalue weighted by atomic mass is 19.1. The van der Waals surface area contributed by atoms with Gasteiger partial charge in [-0.05, 0) is 24.5 Å². The fourth-order valence-corrected chi connectivity index (χ4v) is 1.59. The van der Waals surface area contributed by atoms with E-state index in [4.69, 9.17) is 4.74 Å². The molecule has 2 rings (SSSR count). The van der Waals surface area contributed by atoms with Gasteiger partial charge >= 0.3 is 5.69 Å². The fourth-order valence-electron chi connectivity index (χ4n) is 1.59. The van der Waals surface area contributed by atoms with Crippen molar-refractivity contribution in [3.8, 4) is 5.75 Å². The van der Waals surface area contributed by atoms with Gasteiger partial charge in [0.05, 0.1) is 4.92 Å². The van der Waals surface area contributed by atoms with E-state index in [1.807, 2.05) is 0 Å². The van der Waals surface area contributed by atoms with Crippen LogP contribution in [0.5, 0.6) is 5.75 Å². The van der Waals surface area contributed by atoms with Gasteiger partial charge in [-0.2, -0.15) is 0 Å². The van der Waals surface area contributed by atoms with Crippen LogP contribution < -0.4 is 10.1 Å². The number of hydrogen-bond acceptors (Lipinski definition) is 4. The molecule has 0 radical (unpaired) electrons. The van der Waals surface area contributed by atoms with E-state index in [0.717, 1.165) is 24.5 Å². The van der Waals surface area contributed by atoms with E-state index in [1.54, 1.807) is 0 Å². The van der Waals surface area contributed by atoms with Crippen LogP contribution in [-0.2, 0) is 0 Å². The quantitative estimate of drug-likeness (QED) is 0.467. The Bertz CT molecular complexity index is 501. The average molecular weight is 266 g/mol. The first-order valence-electron chi connectivity index (χ1n) is 6.03. The summed E-state index contributed by atoms with van der Waals surface area (Å²) in [5.41, 5.74) is 0.354. The minimum absolute atomic E-state index is 0.0570. The zero-order chi connectivity index (χ0) is 13.8. The lowest BCUT2D eigenvalue weighted by Crippen LogP contribution is -2.21. The lowest BCUT2D eigenvalue weighted by atomic mass is 10.2. The Labute approximate surface area is 110 Å². The number of benzene rings is 1. The van der Waals surface area contributed by atoms with Crippen LogP contribution in [0.1, 0.15) is 12.8 Å². The molecule has 1 N–H and O–H groups in total. The minimum atomic E-state index is -0.739. The molecule has 0 bridgehead atoms. The topological polar surface area (TPSA) is 64.4 Å². The lowest BCUT2D eigenvalue weighted by Gasteiger charge is -2.10. The van der Waals surface area contributed by atoms with Gasteiger partial charge in [0.2, 0.25) is 5.75 Å². The molecule has 0 spiro atoms. The maximum absolute atomic E-state index is 13.5. The monoisotopic (exact) mass is 266 g/mol. The van der Waals surface area contributed by atoms with Crippen molar-refractivity contribution in [2.45, 2.75) is 18.9 Å². The van der Waals surface area contributed by atoms with E-state index in [0.29, 0.717) is 12.6 Å². The summed E-state index contributed by atoms with van der Waals surface area (Å²) in [4.78, 5) is 10.1. The van der Waals surface area contributed by atoms with Crippen molar-refractivity contribution in [1.29, 1.82) is 0 Å². The number of para-hydroxylation sites is 1. The van der Waals surface area contributed by atoms with Gasteiger partial charge in [0.25, 0.3) is 0 Å². The van der Waals surface area contributed by atoms with E-state index < -0.39 is 10.7 Å². The Morgan fingerprint density at radius 1 is 1.58 bits per heavy atom. The van der Waals surface area contributed by atoms with Crippen LogP contribution in [0.25, 0.3) is 0 Å². The maximum Gasteiger partial charge on any atom is 0.314 e. The maximum atomic E-state index is 13.5. The molecule has 0 aromatic heterocycles. The number of nitrogens with one attached hydrogen (secondary N) is 1. The molecule has 1 aliphatic carbocycles. The zero-order valence-corrected chi connectivity index (χ0v) is 10.4. The number of rotatable bonds is 7. The first-order chi connectivity index (χ1) is 9.08. The highest BCUT2D eigenvalue weighted by Crippen LogP contribution is 2.29. The molecule has 0 saturated heterocycles. The van der Waals surface area contributed by atoms with Gasteiger partial charge in [0.1, 0.15) is 6.61 Å². The molecule has 1 aromatic rings. The number of nitro benzene ring substituents is 1. The van der Waals surface area contributed by atoms with Crippen LogP contribution in [0.2, 0.25) is 0 Å². The normalized spacial score (nSPS) is 14.2. The standard InChI is InChI=1S/C13H15FN2O3/c1-9(7-15-10-5-6-10)8-19-13-11(14)3-2-4-12(13)16(17)18/h2-4,10,15H,1,5-8H2. The summed E-state index contributed by atoms with van der Waals surface area (Å²) >= 11 is 0. The molecule has 1 saturated carbocycles. The predicted molar refractivity (Wildman–Crippen MR) is 68.7 cm³/mol. The third-order valence-corrected chi connectivity index (χ3v) is 2.78. The van der Waals surface area contributed by atoms with Crippen LogP contribution in [0.15, 0.2) is 30.4 Å². The van der Waals surface area contributed by atoms with E-state index in [2.05, 4.69) is 11.9 Å². The third kappa shape index (κ3) is 3.75. The predicted octanol–water partition coefficient (Wildman–Crippen LogP) is 2.42. The number of hydrogen-bond donors (Lipinski definition) is 1. The molecular weight excluding hydrogens is 251 g/mol. The molecular formula is C13H15FN2O3. The highest BCUT2D eigenvalue weighted by molar-refractivity contribution is 5.47. The Kier molecular flexibility index (Phi) is 4.11.